The third-order valence-corrected chi connectivity index (χ3v) is 8.01. The summed E-state index contributed by atoms with van der Waals surface area (Å²) < 4.78 is 5.88. The van der Waals surface area contributed by atoms with Crippen LogP contribution < -0.4 is 5.32 Å². The molecule has 6 rings (SSSR count). The lowest BCUT2D eigenvalue weighted by molar-refractivity contribution is 0.647. The molecule has 0 amide bonds. The summed E-state index contributed by atoms with van der Waals surface area (Å²) in [5, 5.41) is 4.19. The third-order valence-electron chi connectivity index (χ3n) is 6.93. The zero-order valence-electron chi connectivity index (χ0n) is 19.9. The summed E-state index contributed by atoms with van der Waals surface area (Å²) >= 11 is 15.8. The Balaban J connectivity index is 1.60. The highest BCUT2D eigenvalue weighted by Gasteiger charge is 2.28. The lowest BCUT2D eigenvalue weighted by Crippen LogP contribution is -2.14. The van der Waals surface area contributed by atoms with Crippen molar-refractivity contribution in [1.82, 2.24) is 8.97 Å². The van der Waals surface area contributed by atoms with Gasteiger partial charge in [0.15, 0.2) is 0 Å². The highest BCUT2D eigenvalue weighted by molar-refractivity contribution is 9.10. The summed E-state index contributed by atoms with van der Waals surface area (Å²) in [4.78, 5) is 0.703. The van der Waals surface area contributed by atoms with E-state index in [1.807, 2.05) is 24.3 Å². The first-order valence-electron chi connectivity index (χ1n) is 12.2. The average molecular weight is 575 g/mol. The number of imidazole rings is 1. The number of hydrogen-bond acceptors (Lipinski definition) is 1. The molecule has 3 heterocycles. The number of benzene rings is 3. The second-order valence-corrected chi connectivity index (χ2v) is 11.1. The number of thiocarbonyl (C=S) groups is 1. The van der Waals surface area contributed by atoms with Crippen LogP contribution in [0.5, 0.6) is 0 Å². The number of rotatable bonds is 4. The largest absolute Gasteiger partial charge is 0.345 e. The maximum atomic E-state index is 6.12. The van der Waals surface area contributed by atoms with Gasteiger partial charge in [0.1, 0.15) is 10.6 Å². The quantitative estimate of drug-likeness (QED) is 0.216. The molecule has 0 fully saturated rings. The zero-order valence-corrected chi connectivity index (χ0v) is 23.1. The molecule has 1 aliphatic rings. The van der Waals surface area contributed by atoms with Crippen LogP contribution in [0.3, 0.4) is 0 Å². The van der Waals surface area contributed by atoms with Gasteiger partial charge in [0.25, 0.3) is 0 Å². The van der Waals surface area contributed by atoms with Crippen molar-refractivity contribution in [3.63, 3.8) is 0 Å². The molecule has 2 aromatic heterocycles. The summed E-state index contributed by atoms with van der Waals surface area (Å²) in [6.45, 7) is 3.12. The number of anilines is 1. The molecule has 36 heavy (non-hydrogen) atoms. The molecule has 0 saturated heterocycles. The van der Waals surface area contributed by atoms with Gasteiger partial charge < -0.3 is 9.88 Å². The SMILES string of the molecule is Cc1ccc(-c2c3c4n(c(-c5ccc(Br)cc5)cn4c2C(=S)Nc2ccc(Cl)cc2)CCCC3)cc1. The van der Waals surface area contributed by atoms with E-state index in [9.17, 15) is 0 Å². The number of nitrogens with zero attached hydrogens (tertiary/aromatic N) is 2. The first-order valence-corrected chi connectivity index (χ1v) is 13.7. The summed E-state index contributed by atoms with van der Waals surface area (Å²) in [5.74, 6) is 0. The molecule has 0 unspecified atom stereocenters. The standard InChI is InChI=1S/C30H25BrClN3S/c1-19-5-7-21(8-6-19)27-25-4-2-3-17-34-26(20-9-11-22(31)12-10-20)18-35(30(25)34)28(27)29(36)33-24-15-13-23(32)14-16-24/h5-16,18H,2-4,17H2,1H3,(H,33,36). The molecular formula is C30H25BrClN3S. The molecule has 3 nitrogen and oxygen atoms in total. The van der Waals surface area contributed by atoms with Crippen molar-refractivity contribution < 1.29 is 0 Å². The Kier molecular flexibility index (Phi) is 6.24. The normalized spacial score (nSPS) is 13.1. The number of nitrogens with one attached hydrogen (secondary N) is 1. The summed E-state index contributed by atoms with van der Waals surface area (Å²) in [7, 11) is 0. The minimum absolute atomic E-state index is 0.703. The Labute approximate surface area is 229 Å². The van der Waals surface area contributed by atoms with Gasteiger partial charge in [-0.2, -0.15) is 0 Å². The molecule has 0 saturated carbocycles. The van der Waals surface area contributed by atoms with Gasteiger partial charge in [-0.1, -0.05) is 81.7 Å². The highest BCUT2D eigenvalue weighted by Crippen LogP contribution is 2.40. The molecule has 1 aliphatic heterocycles. The monoisotopic (exact) mass is 573 g/mol. The van der Waals surface area contributed by atoms with Crippen LogP contribution in [0.1, 0.15) is 29.7 Å². The van der Waals surface area contributed by atoms with Gasteiger partial charge >= 0.3 is 0 Å². The third kappa shape index (κ3) is 4.19. The van der Waals surface area contributed by atoms with Crippen LogP contribution in [0.4, 0.5) is 5.69 Å². The minimum atomic E-state index is 0.703. The van der Waals surface area contributed by atoms with Gasteiger partial charge in [-0.25, -0.2) is 0 Å². The highest BCUT2D eigenvalue weighted by atomic mass is 79.9. The van der Waals surface area contributed by atoms with Crippen LogP contribution in [0.15, 0.2) is 83.5 Å². The summed E-state index contributed by atoms with van der Waals surface area (Å²) in [5.41, 5.74) is 10.7. The van der Waals surface area contributed by atoms with E-state index >= 15 is 0 Å². The molecule has 0 bridgehead atoms. The molecule has 0 spiro atoms. The van der Waals surface area contributed by atoms with Crippen molar-refractivity contribution in [3.8, 4) is 22.4 Å². The zero-order chi connectivity index (χ0) is 24.8. The fraction of sp³-hybridized carbons (Fsp3) is 0.167. The van der Waals surface area contributed by atoms with E-state index in [0.717, 1.165) is 41.7 Å². The molecule has 0 atom stereocenters. The van der Waals surface area contributed by atoms with Crippen molar-refractivity contribution in [2.45, 2.75) is 32.7 Å². The van der Waals surface area contributed by atoms with Gasteiger partial charge in [-0.3, -0.25) is 4.40 Å². The Morgan fingerprint density at radius 1 is 0.917 bits per heavy atom. The maximum Gasteiger partial charge on any atom is 0.128 e. The second kappa shape index (κ2) is 9.55. The fourth-order valence-electron chi connectivity index (χ4n) is 5.21. The van der Waals surface area contributed by atoms with Crippen LogP contribution in [-0.2, 0) is 13.0 Å². The summed E-state index contributed by atoms with van der Waals surface area (Å²) in [6, 6.07) is 25.1. The number of hydrogen-bond donors (Lipinski definition) is 1. The van der Waals surface area contributed by atoms with Gasteiger partial charge in [-0.15, -0.1) is 0 Å². The Morgan fingerprint density at radius 2 is 1.61 bits per heavy atom. The molecule has 5 aromatic rings. The lowest BCUT2D eigenvalue weighted by atomic mass is 9.97. The molecule has 0 radical (unpaired) electrons. The average Bonchev–Trinajstić information content (AvgIpc) is 3.29. The minimum Gasteiger partial charge on any atom is -0.345 e. The van der Waals surface area contributed by atoms with E-state index in [2.05, 4.69) is 91.9 Å². The first-order chi connectivity index (χ1) is 17.5. The Hall–Kier alpha value is -2.86. The fourth-order valence-corrected chi connectivity index (χ4v) is 5.92. The number of aryl methyl sites for hydroxylation is 3. The molecule has 1 N–H and O–H groups in total. The van der Waals surface area contributed by atoms with E-state index in [0.29, 0.717) is 10.0 Å². The smallest absolute Gasteiger partial charge is 0.128 e. The van der Waals surface area contributed by atoms with Gasteiger partial charge in [0.05, 0.1) is 11.4 Å². The topological polar surface area (TPSA) is 21.4 Å². The van der Waals surface area contributed by atoms with Crippen molar-refractivity contribution in [2.75, 3.05) is 5.32 Å². The van der Waals surface area contributed by atoms with Crippen LogP contribution in [0, 0.1) is 6.92 Å². The number of halogens is 2. The van der Waals surface area contributed by atoms with Crippen LogP contribution in [-0.4, -0.2) is 14.0 Å². The number of aromatic nitrogens is 2. The maximum absolute atomic E-state index is 6.12. The molecule has 3 aromatic carbocycles. The molecule has 0 aliphatic carbocycles. The van der Waals surface area contributed by atoms with Gasteiger partial charge in [0.2, 0.25) is 0 Å². The Morgan fingerprint density at radius 3 is 2.33 bits per heavy atom. The van der Waals surface area contributed by atoms with E-state index in [-0.39, 0.29) is 0 Å². The van der Waals surface area contributed by atoms with Crippen LogP contribution in [0.25, 0.3) is 28.0 Å². The molecule has 6 heteroatoms. The van der Waals surface area contributed by atoms with Crippen LogP contribution in [0.2, 0.25) is 5.02 Å². The van der Waals surface area contributed by atoms with E-state index in [1.54, 1.807) is 0 Å². The van der Waals surface area contributed by atoms with Crippen molar-refractivity contribution in [3.05, 3.63) is 105 Å². The van der Waals surface area contributed by atoms with E-state index in [1.165, 1.54) is 39.2 Å². The first kappa shape index (κ1) is 23.5. The van der Waals surface area contributed by atoms with E-state index < -0.39 is 0 Å². The molecule has 180 valence electrons. The lowest BCUT2D eigenvalue weighted by Gasteiger charge is -2.12. The van der Waals surface area contributed by atoms with Crippen molar-refractivity contribution >= 4 is 56.1 Å². The van der Waals surface area contributed by atoms with Crippen molar-refractivity contribution in [2.24, 2.45) is 0 Å². The Bertz CT molecular complexity index is 1580. The summed E-state index contributed by atoms with van der Waals surface area (Å²) in [6.07, 6.45) is 5.59. The predicted molar refractivity (Wildman–Crippen MR) is 158 cm³/mol. The molecular weight excluding hydrogens is 550 g/mol. The van der Waals surface area contributed by atoms with Crippen LogP contribution >= 0.6 is 39.7 Å². The second-order valence-electron chi connectivity index (χ2n) is 9.35. The predicted octanol–water partition coefficient (Wildman–Crippen LogP) is 8.92. The van der Waals surface area contributed by atoms with Gasteiger partial charge in [-0.05, 0) is 73.7 Å². The van der Waals surface area contributed by atoms with Gasteiger partial charge in [0, 0.05) is 39.1 Å². The van der Waals surface area contributed by atoms with Crippen molar-refractivity contribution in [1.29, 1.82) is 0 Å². The van der Waals surface area contributed by atoms with E-state index in [4.69, 9.17) is 23.8 Å².